The van der Waals surface area contributed by atoms with Gasteiger partial charge in [0.2, 0.25) is 0 Å². The molecule has 0 bridgehead atoms. The summed E-state index contributed by atoms with van der Waals surface area (Å²) < 4.78 is 2.22. The maximum Gasteiger partial charge on any atom is 0.332 e. The third-order valence-electron chi connectivity index (χ3n) is 4.35. The second-order valence-corrected chi connectivity index (χ2v) is 6.49. The zero-order valence-electron chi connectivity index (χ0n) is 15.6. The molecule has 0 saturated carbocycles. The molecule has 2 N–H and O–H groups in total. The van der Waals surface area contributed by atoms with Crippen LogP contribution in [0.1, 0.15) is 35.7 Å². The van der Waals surface area contributed by atoms with Gasteiger partial charge in [0, 0.05) is 7.05 Å². The van der Waals surface area contributed by atoms with E-state index in [1.165, 1.54) is 11.6 Å². The molecule has 1 heterocycles. The highest BCUT2D eigenvalue weighted by Gasteiger charge is 2.22. The first kappa shape index (κ1) is 19.7. The van der Waals surface area contributed by atoms with Crippen LogP contribution < -0.4 is 17.0 Å². The van der Waals surface area contributed by atoms with Gasteiger partial charge in [-0.15, -0.1) is 0 Å². The number of nitrogens with zero attached hydrogens (tertiary/aromatic N) is 3. The SMILES string of the molecule is CCCCN(C)CC(=O)c1c(N)n(Cc2ccccc2)c(=O)n(C)c1=O. The van der Waals surface area contributed by atoms with E-state index < -0.39 is 11.2 Å². The zero-order valence-corrected chi connectivity index (χ0v) is 15.6. The Morgan fingerprint density at radius 2 is 1.85 bits per heavy atom. The molecule has 1 aromatic heterocycles. The Hall–Kier alpha value is -2.67. The van der Waals surface area contributed by atoms with Crippen molar-refractivity contribution in [1.82, 2.24) is 14.0 Å². The molecule has 0 spiro atoms. The van der Waals surface area contributed by atoms with Crippen molar-refractivity contribution in [2.24, 2.45) is 7.05 Å². The van der Waals surface area contributed by atoms with Gasteiger partial charge in [0.25, 0.3) is 5.56 Å². The molecule has 7 heteroatoms. The molecule has 0 aliphatic rings. The Bertz CT molecular complexity index is 884. The molecule has 26 heavy (non-hydrogen) atoms. The van der Waals surface area contributed by atoms with E-state index in [9.17, 15) is 14.4 Å². The fourth-order valence-corrected chi connectivity index (χ4v) is 2.80. The molecule has 1 aromatic carbocycles. The summed E-state index contributed by atoms with van der Waals surface area (Å²) in [5.41, 5.74) is 5.65. The molecule has 0 amide bonds. The number of carbonyl (C=O) groups excluding carboxylic acids is 1. The third kappa shape index (κ3) is 4.29. The molecule has 0 radical (unpaired) electrons. The summed E-state index contributed by atoms with van der Waals surface area (Å²) in [4.78, 5) is 39.5. The molecular weight excluding hydrogens is 332 g/mol. The number of carbonyl (C=O) groups is 1. The Morgan fingerprint density at radius 1 is 1.19 bits per heavy atom. The van der Waals surface area contributed by atoms with E-state index in [4.69, 9.17) is 5.73 Å². The first-order chi connectivity index (χ1) is 12.4. The lowest BCUT2D eigenvalue weighted by molar-refractivity contribution is 0.0943. The monoisotopic (exact) mass is 358 g/mol. The topological polar surface area (TPSA) is 90.3 Å². The van der Waals surface area contributed by atoms with Gasteiger partial charge >= 0.3 is 5.69 Å². The summed E-state index contributed by atoms with van der Waals surface area (Å²) >= 11 is 0. The fraction of sp³-hybridized carbons (Fsp3) is 0.421. The first-order valence-electron chi connectivity index (χ1n) is 8.71. The molecular formula is C19H26N4O3. The van der Waals surface area contributed by atoms with Crippen LogP contribution in [-0.4, -0.2) is 40.0 Å². The van der Waals surface area contributed by atoms with Crippen molar-refractivity contribution in [3.8, 4) is 0 Å². The van der Waals surface area contributed by atoms with E-state index in [2.05, 4.69) is 6.92 Å². The number of Topliss-reactive ketones (excluding diaryl/α,β-unsaturated/α-hetero) is 1. The van der Waals surface area contributed by atoms with Gasteiger partial charge in [-0.05, 0) is 25.6 Å². The minimum Gasteiger partial charge on any atom is -0.384 e. The van der Waals surface area contributed by atoms with Crippen molar-refractivity contribution in [3.63, 3.8) is 0 Å². The Morgan fingerprint density at radius 3 is 2.46 bits per heavy atom. The summed E-state index contributed by atoms with van der Waals surface area (Å²) in [6, 6.07) is 9.30. The van der Waals surface area contributed by atoms with Gasteiger partial charge in [0.1, 0.15) is 11.4 Å². The van der Waals surface area contributed by atoms with E-state index in [-0.39, 0.29) is 30.3 Å². The molecule has 2 rings (SSSR count). The van der Waals surface area contributed by atoms with Gasteiger partial charge in [-0.2, -0.15) is 0 Å². The first-order valence-corrected chi connectivity index (χ1v) is 8.71. The molecule has 0 fully saturated rings. The maximum absolute atomic E-state index is 12.7. The van der Waals surface area contributed by atoms with Crippen LogP contribution in [-0.2, 0) is 13.6 Å². The average molecular weight is 358 g/mol. The van der Waals surface area contributed by atoms with Gasteiger partial charge in [0.05, 0.1) is 13.1 Å². The smallest absolute Gasteiger partial charge is 0.332 e. The second-order valence-electron chi connectivity index (χ2n) is 6.49. The quantitative estimate of drug-likeness (QED) is 0.714. The fourth-order valence-electron chi connectivity index (χ4n) is 2.80. The van der Waals surface area contributed by atoms with Gasteiger partial charge in [-0.3, -0.25) is 23.6 Å². The Kier molecular flexibility index (Phi) is 6.52. The van der Waals surface area contributed by atoms with E-state index in [1.54, 1.807) is 0 Å². The van der Waals surface area contributed by atoms with Crippen LogP contribution in [0.2, 0.25) is 0 Å². The van der Waals surface area contributed by atoms with Crippen molar-refractivity contribution in [1.29, 1.82) is 0 Å². The zero-order chi connectivity index (χ0) is 19.3. The lowest BCUT2D eigenvalue weighted by Gasteiger charge is -2.18. The number of likely N-dealkylation sites (N-methyl/N-ethyl adjacent to an activating group) is 1. The number of anilines is 1. The predicted octanol–water partition coefficient (Wildman–Crippen LogP) is 1.09. The summed E-state index contributed by atoms with van der Waals surface area (Å²) in [5.74, 6) is -0.445. The lowest BCUT2D eigenvalue weighted by Crippen LogP contribution is -2.44. The number of benzene rings is 1. The molecule has 0 atom stereocenters. The summed E-state index contributed by atoms with van der Waals surface area (Å²) in [5, 5.41) is 0. The van der Waals surface area contributed by atoms with Gasteiger partial charge in [0.15, 0.2) is 5.78 Å². The molecule has 0 aliphatic heterocycles. The van der Waals surface area contributed by atoms with Gasteiger partial charge in [-0.1, -0.05) is 43.7 Å². The van der Waals surface area contributed by atoms with Crippen LogP contribution in [0.3, 0.4) is 0 Å². The van der Waals surface area contributed by atoms with Crippen LogP contribution >= 0.6 is 0 Å². The Labute approximate surface area is 152 Å². The van der Waals surface area contributed by atoms with Crippen molar-refractivity contribution in [2.45, 2.75) is 26.3 Å². The number of hydrogen-bond donors (Lipinski definition) is 1. The highest BCUT2D eigenvalue weighted by atomic mass is 16.2. The van der Waals surface area contributed by atoms with Crippen molar-refractivity contribution in [3.05, 3.63) is 62.3 Å². The molecule has 140 valence electrons. The standard InChI is InChI=1S/C19H26N4O3/c1-4-5-11-21(2)13-15(24)16-17(20)23(19(26)22(3)18(16)25)12-14-9-7-6-8-10-14/h6-10H,4-5,11-13,20H2,1-3H3. The lowest BCUT2D eigenvalue weighted by atomic mass is 10.1. The van der Waals surface area contributed by atoms with Gasteiger partial charge < -0.3 is 5.73 Å². The second kappa shape index (κ2) is 8.62. The number of nitrogens with two attached hydrogens (primary N) is 1. The van der Waals surface area contributed by atoms with E-state index >= 15 is 0 Å². The van der Waals surface area contributed by atoms with Crippen LogP contribution in [0.15, 0.2) is 39.9 Å². The number of hydrogen-bond acceptors (Lipinski definition) is 5. The van der Waals surface area contributed by atoms with E-state index in [0.29, 0.717) is 0 Å². The summed E-state index contributed by atoms with van der Waals surface area (Å²) in [6.45, 7) is 3.11. The maximum atomic E-state index is 12.7. The largest absolute Gasteiger partial charge is 0.384 e. The third-order valence-corrected chi connectivity index (χ3v) is 4.35. The predicted molar refractivity (Wildman–Crippen MR) is 103 cm³/mol. The van der Waals surface area contributed by atoms with Gasteiger partial charge in [-0.25, -0.2) is 4.79 Å². The molecule has 0 aliphatic carbocycles. The molecule has 0 unspecified atom stereocenters. The molecule has 0 saturated heterocycles. The van der Waals surface area contributed by atoms with Crippen LogP contribution in [0.4, 0.5) is 5.82 Å². The van der Waals surface area contributed by atoms with Crippen LogP contribution in [0.25, 0.3) is 0 Å². The van der Waals surface area contributed by atoms with Crippen molar-refractivity contribution < 1.29 is 4.79 Å². The molecule has 7 nitrogen and oxygen atoms in total. The van der Waals surface area contributed by atoms with Crippen molar-refractivity contribution >= 4 is 11.6 Å². The number of unbranched alkanes of at least 4 members (excludes halogenated alkanes) is 1. The van der Waals surface area contributed by atoms with E-state index in [0.717, 1.165) is 29.5 Å². The highest BCUT2D eigenvalue weighted by Crippen LogP contribution is 2.10. The molecule has 2 aromatic rings. The minimum atomic E-state index is -0.647. The Balaban J connectivity index is 2.42. The number of rotatable bonds is 8. The summed E-state index contributed by atoms with van der Waals surface area (Å²) in [6.07, 6.45) is 1.98. The normalized spacial score (nSPS) is 11.1. The van der Waals surface area contributed by atoms with Crippen molar-refractivity contribution in [2.75, 3.05) is 25.9 Å². The van der Waals surface area contributed by atoms with Crippen LogP contribution in [0.5, 0.6) is 0 Å². The average Bonchev–Trinajstić information content (AvgIpc) is 2.62. The minimum absolute atomic E-state index is 0.0733. The van der Waals surface area contributed by atoms with E-state index in [1.807, 2.05) is 42.3 Å². The van der Waals surface area contributed by atoms with Crippen LogP contribution in [0, 0.1) is 0 Å². The highest BCUT2D eigenvalue weighted by molar-refractivity contribution is 6.01. The number of nitrogen functional groups attached to an aromatic ring is 1. The number of ketones is 1. The summed E-state index contributed by atoms with van der Waals surface area (Å²) in [7, 11) is 3.19. The number of aromatic nitrogens is 2.